The van der Waals surface area contributed by atoms with E-state index < -0.39 is 10.0 Å². The molecule has 7 nitrogen and oxygen atoms in total. The molecule has 2 aromatic rings. The van der Waals surface area contributed by atoms with Crippen LogP contribution in [-0.4, -0.2) is 42.7 Å². The molecule has 152 valence electrons. The van der Waals surface area contributed by atoms with Crippen molar-refractivity contribution in [1.82, 2.24) is 9.21 Å². The Hall–Kier alpha value is -2.63. The van der Waals surface area contributed by atoms with Crippen molar-refractivity contribution in [2.75, 3.05) is 13.1 Å². The van der Waals surface area contributed by atoms with Gasteiger partial charge in [-0.15, -0.1) is 0 Å². The molecule has 1 saturated carbocycles. The number of carbonyl (C=O) groups excluding carboxylic acids is 1. The lowest BCUT2D eigenvalue weighted by Gasteiger charge is -2.33. The lowest BCUT2D eigenvalue weighted by Crippen LogP contribution is -2.44. The van der Waals surface area contributed by atoms with Crippen molar-refractivity contribution in [3.63, 3.8) is 0 Å². The van der Waals surface area contributed by atoms with Crippen molar-refractivity contribution >= 4 is 15.9 Å². The van der Waals surface area contributed by atoms with E-state index in [0.29, 0.717) is 38.0 Å². The van der Waals surface area contributed by atoms with E-state index in [9.17, 15) is 13.2 Å². The summed E-state index contributed by atoms with van der Waals surface area (Å²) in [7, 11) is -3.62. The average Bonchev–Trinajstić information content (AvgIpc) is 3.47. The standard InChI is InChI=1S/C21H23N3O4S/c22-14-16-3-7-20(8-4-16)29(26,27)23-11-9-17(10-12-23)21(25)24(18-5-6-18)15-19-2-1-13-28-19/h1-4,7-8,13,17-18H,5-6,9-12,15H2. The number of piperidine rings is 1. The number of benzene rings is 1. The number of hydrogen-bond acceptors (Lipinski definition) is 5. The number of hydrogen-bond donors (Lipinski definition) is 0. The van der Waals surface area contributed by atoms with E-state index >= 15 is 0 Å². The summed E-state index contributed by atoms with van der Waals surface area (Å²) in [4.78, 5) is 15.2. The van der Waals surface area contributed by atoms with Crippen LogP contribution in [0.5, 0.6) is 0 Å². The second-order valence-corrected chi connectivity index (χ2v) is 9.53. The Kier molecular flexibility index (Phi) is 5.43. The van der Waals surface area contributed by atoms with E-state index in [2.05, 4.69) is 0 Å². The highest BCUT2D eigenvalue weighted by molar-refractivity contribution is 7.89. The van der Waals surface area contributed by atoms with Gasteiger partial charge in [0.05, 0.1) is 29.3 Å². The molecule has 4 rings (SSSR count). The van der Waals surface area contributed by atoms with Crippen molar-refractivity contribution in [1.29, 1.82) is 5.26 Å². The second-order valence-electron chi connectivity index (χ2n) is 7.59. The van der Waals surface area contributed by atoms with Gasteiger partial charge < -0.3 is 9.32 Å². The van der Waals surface area contributed by atoms with Crippen LogP contribution in [0.15, 0.2) is 52.0 Å². The molecule has 29 heavy (non-hydrogen) atoms. The van der Waals surface area contributed by atoms with Gasteiger partial charge in [0.15, 0.2) is 0 Å². The fraction of sp³-hybridized carbons (Fsp3) is 0.429. The largest absolute Gasteiger partial charge is 0.467 e. The normalized spacial score (nSPS) is 18.3. The first-order valence-corrected chi connectivity index (χ1v) is 11.3. The summed E-state index contributed by atoms with van der Waals surface area (Å²) in [6.07, 6.45) is 4.65. The van der Waals surface area contributed by atoms with Gasteiger partial charge in [-0.1, -0.05) is 0 Å². The zero-order valence-electron chi connectivity index (χ0n) is 16.0. The van der Waals surface area contributed by atoms with Crippen molar-refractivity contribution in [2.45, 2.75) is 43.2 Å². The fourth-order valence-electron chi connectivity index (χ4n) is 3.77. The monoisotopic (exact) mass is 413 g/mol. The minimum atomic E-state index is -3.62. The van der Waals surface area contributed by atoms with Gasteiger partial charge >= 0.3 is 0 Å². The summed E-state index contributed by atoms with van der Waals surface area (Å²) in [5.74, 6) is 0.698. The molecule has 0 radical (unpaired) electrons. The van der Waals surface area contributed by atoms with Gasteiger partial charge in [-0.3, -0.25) is 4.79 Å². The van der Waals surface area contributed by atoms with Gasteiger partial charge in [-0.25, -0.2) is 8.42 Å². The zero-order chi connectivity index (χ0) is 20.4. The van der Waals surface area contributed by atoms with Crippen molar-refractivity contribution in [3.05, 3.63) is 54.0 Å². The number of rotatable bonds is 6. The molecule has 0 bridgehead atoms. The van der Waals surface area contributed by atoms with Crippen molar-refractivity contribution in [3.8, 4) is 6.07 Å². The van der Waals surface area contributed by atoms with Gasteiger partial charge in [0, 0.05) is 25.0 Å². The van der Waals surface area contributed by atoms with E-state index in [1.165, 1.54) is 28.6 Å². The van der Waals surface area contributed by atoms with E-state index in [1.807, 2.05) is 23.1 Å². The number of furan rings is 1. The molecule has 0 spiro atoms. The van der Waals surface area contributed by atoms with Gasteiger partial charge in [-0.2, -0.15) is 9.57 Å². The molecule has 1 saturated heterocycles. The Morgan fingerprint density at radius 2 is 1.83 bits per heavy atom. The Balaban J connectivity index is 1.40. The molecule has 2 aliphatic rings. The van der Waals surface area contributed by atoms with Gasteiger partial charge in [0.1, 0.15) is 5.76 Å². The first-order chi connectivity index (χ1) is 14.0. The molecule has 8 heteroatoms. The Labute approximate surface area is 170 Å². The topological polar surface area (TPSA) is 94.6 Å². The SMILES string of the molecule is N#Cc1ccc(S(=O)(=O)N2CCC(C(=O)N(Cc3ccco3)C3CC3)CC2)cc1. The molecule has 1 aliphatic heterocycles. The third kappa shape index (κ3) is 4.21. The maximum Gasteiger partial charge on any atom is 0.243 e. The summed E-state index contributed by atoms with van der Waals surface area (Å²) >= 11 is 0. The summed E-state index contributed by atoms with van der Waals surface area (Å²) in [5, 5.41) is 8.88. The van der Waals surface area contributed by atoms with E-state index in [1.54, 1.807) is 6.26 Å². The molecule has 1 aliphatic carbocycles. The number of sulfonamides is 1. The Bertz CT molecular complexity index is 997. The van der Waals surface area contributed by atoms with Gasteiger partial charge in [0.25, 0.3) is 0 Å². The van der Waals surface area contributed by atoms with Crippen LogP contribution in [-0.2, 0) is 21.4 Å². The average molecular weight is 413 g/mol. The third-order valence-electron chi connectivity index (χ3n) is 5.60. The zero-order valence-corrected chi connectivity index (χ0v) is 16.8. The van der Waals surface area contributed by atoms with E-state index in [4.69, 9.17) is 9.68 Å². The summed E-state index contributed by atoms with van der Waals surface area (Å²) in [5.41, 5.74) is 0.421. The molecule has 0 unspecified atom stereocenters. The molecule has 2 heterocycles. The molecule has 0 N–H and O–H groups in total. The van der Waals surface area contributed by atoms with Crippen LogP contribution in [0.1, 0.15) is 37.0 Å². The van der Waals surface area contributed by atoms with Gasteiger partial charge in [-0.05, 0) is 62.1 Å². The van der Waals surface area contributed by atoms with Crippen molar-refractivity contribution in [2.24, 2.45) is 5.92 Å². The number of carbonyl (C=O) groups is 1. The number of nitrogens with zero attached hydrogens (tertiary/aromatic N) is 3. The Morgan fingerprint density at radius 3 is 2.38 bits per heavy atom. The number of amides is 1. The molecule has 0 atom stereocenters. The van der Waals surface area contributed by atoms with Gasteiger partial charge in [0.2, 0.25) is 15.9 Å². The molecule has 1 aromatic carbocycles. The maximum atomic E-state index is 13.1. The molecule has 2 fully saturated rings. The second kappa shape index (κ2) is 8.01. The van der Waals surface area contributed by atoms with E-state index in [-0.39, 0.29) is 22.8 Å². The minimum absolute atomic E-state index is 0.0966. The van der Waals surface area contributed by atoms with Crippen LogP contribution in [0.3, 0.4) is 0 Å². The molecular formula is C21H23N3O4S. The molecule has 1 amide bonds. The third-order valence-corrected chi connectivity index (χ3v) is 7.51. The predicted octanol–water partition coefficient (Wildman–Crippen LogP) is 2.74. The molecule has 1 aromatic heterocycles. The lowest BCUT2D eigenvalue weighted by molar-refractivity contribution is -0.138. The van der Waals surface area contributed by atoms with Crippen LogP contribution in [0.25, 0.3) is 0 Å². The number of nitriles is 1. The van der Waals surface area contributed by atoms with Crippen LogP contribution in [0, 0.1) is 17.2 Å². The highest BCUT2D eigenvalue weighted by atomic mass is 32.2. The van der Waals surface area contributed by atoms with E-state index in [0.717, 1.165) is 18.6 Å². The smallest absolute Gasteiger partial charge is 0.243 e. The predicted molar refractivity (Wildman–Crippen MR) is 105 cm³/mol. The lowest BCUT2D eigenvalue weighted by atomic mass is 9.96. The first kappa shape index (κ1) is 19.7. The van der Waals surface area contributed by atoms with Crippen molar-refractivity contribution < 1.29 is 17.6 Å². The van der Waals surface area contributed by atoms with Crippen LogP contribution in [0.4, 0.5) is 0 Å². The van der Waals surface area contributed by atoms with Crippen LogP contribution in [0.2, 0.25) is 0 Å². The highest BCUT2D eigenvalue weighted by Gasteiger charge is 2.39. The minimum Gasteiger partial charge on any atom is -0.467 e. The maximum absolute atomic E-state index is 13.1. The Morgan fingerprint density at radius 1 is 1.14 bits per heavy atom. The summed E-state index contributed by atoms with van der Waals surface area (Å²) in [6, 6.07) is 11.9. The summed E-state index contributed by atoms with van der Waals surface area (Å²) < 4.78 is 32.6. The summed E-state index contributed by atoms with van der Waals surface area (Å²) in [6.45, 7) is 1.11. The highest BCUT2D eigenvalue weighted by Crippen LogP contribution is 2.32. The first-order valence-electron chi connectivity index (χ1n) is 9.82. The fourth-order valence-corrected chi connectivity index (χ4v) is 5.24. The quantitative estimate of drug-likeness (QED) is 0.726. The van der Waals surface area contributed by atoms with Crippen LogP contribution < -0.4 is 0 Å². The van der Waals surface area contributed by atoms with Crippen LogP contribution >= 0.6 is 0 Å². The molecular weight excluding hydrogens is 390 g/mol.